The molecule has 0 spiro atoms. The van der Waals surface area contributed by atoms with Gasteiger partial charge in [0.25, 0.3) is 0 Å². The maximum absolute atomic E-state index is 6.26. The SMILES string of the molecule is CC(C)Oc1cc(N2C[C@H](C3CC3)[C@@H](N)C2)nc(N)n1. The molecule has 2 fully saturated rings. The van der Waals surface area contributed by atoms with E-state index >= 15 is 0 Å². The van der Waals surface area contributed by atoms with Crippen molar-refractivity contribution in [1.29, 1.82) is 0 Å². The van der Waals surface area contributed by atoms with Crippen LogP contribution in [-0.4, -0.2) is 35.2 Å². The van der Waals surface area contributed by atoms with Gasteiger partial charge in [-0.05, 0) is 38.5 Å². The Bertz CT molecular complexity index is 488. The zero-order chi connectivity index (χ0) is 14.3. The quantitative estimate of drug-likeness (QED) is 0.854. The summed E-state index contributed by atoms with van der Waals surface area (Å²) in [5.41, 5.74) is 12.0. The van der Waals surface area contributed by atoms with Crippen molar-refractivity contribution in [3.63, 3.8) is 0 Å². The molecule has 0 radical (unpaired) electrons. The van der Waals surface area contributed by atoms with E-state index in [1.165, 1.54) is 12.8 Å². The highest BCUT2D eigenvalue weighted by Crippen LogP contribution is 2.41. The van der Waals surface area contributed by atoms with Crippen LogP contribution in [0.4, 0.5) is 11.8 Å². The first kappa shape index (κ1) is 13.4. The van der Waals surface area contributed by atoms with Gasteiger partial charge in [-0.1, -0.05) is 0 Å². The Morgan fingerprint density at radius 3 is 2.70 bits per heavy atom. The molecule has 0 bridgehead atoms. The van der Waals surface area contributed by atoms with Gasteiger partial charge >= 0.3 is 0 Å². The number of anilines is 2. The van der Waals surface area contributed by atoms with Gasteiger partial charge in [-0.25, -0.2) is 0 Å². The van der Waals surface area contributed by atoms with Crippen molar-refractivity contribution in [2.45, 2.75) is 38.8 Å². The van der Waals surface area contributed by atoms with Crippen LogP contribution < -0.4 is 21.1 Å². The first-order valence-corrected chi connectivity index (χ1v) is 7.34. The first-order chi connectivity index (χ1) is 9.52. The molecular formula is C14H23N5O. The minimum absolute atomic E-state index is 0.0668. The topological polar surface area (TPSA) is 90.3 Å². The summed E-state index contributed by atoms with van der Waals surface area (Å²) in [7, 11) is 0. The van der Waals surface area contributed by atoms with Crippen LogP contribution in [0.15, 0.2) is 6.07 Å². The fourth-order valence-corrected chi connectivity index (χ4v) is 2.96. The Hall–Kier alpha value is -1.56. The third-order valence-electron chi connectivity index (χ3n) is 4.03. The molecule has 1 aliphatic carbocycles. The Labute approximate surface area is 119 Å². The largest absolute Gasteiger partial charge is 0.475 e. The number of aromatic nitrogens is 2. The van der Waals surface area contributed by atoms with Gasteiger partial charge in [-0.2, -0.15) is 9.97 Å². The molecule has 6 nitrogen and oxygen atoms in total. The molecule has 6 heteroatoms. The highest BCUT2D eigenvalue weighted by Gasteiger charge is 2.41. The number of hydrogen-bond donors (Lipinski definition) is 2. The molecule has 1 aromatic heterocycles. The molecule has 2 heterocycles. The lowest BCUT2D eigenvalue weighted by atomic mass is 9.99. The molecule has 2 aliphatic rings. The van der Waals surface area contributed by atoms with Crippen LogP contribution >= 0.6 is 0 Å². The van der Waals surface area contributed by atoms with Crippen LogP contribution in [0.2, 0.25) is 0 Å². The molecule has 0 aromatic carbocycles. The highest BCUT2D eigenvalue weighted by atomic mass is 16.5. The summed E-state index contributed by atoms with van der Waals surface area (Å²) >= 11 is 0. The van der Waals surface area contributed by atoms with E-state index in [1.54, 1.807) is 0 Å². The molecular weight excluding hydrogens is 254 g/mol. The average molecular weight is 277 g/mol. The zero-order valence-electron chi connectivity index (χ0n) is 12.1. The van der Waals surface area contributed by atoms with Crippen LogP contribution in [0.5, 0.6) is 5.88 Å². The Kier molecular flexibility index (Phi) is 3.41. The van der Waals surface area contributed by atoms with E-state index in [4.69, 9.17) is 16.2 Å². The van der Waals surface area contributed by atoms with Crippen molar-refractivity contribution in [1.82, 2.24) is 9.97 Å². The summed E-state index contributed by atoms with van der Waals surface area (Å²) in [5.74, 6) is 3.00. The van der Waals surface area contributed by atoms with Crippen LogP contribution in [0.3, 0.4) is 0 Å². The third kappa shape index (κ3) is 2.80. The van der Waals surface area contributed by atoms with E-state index in [9.17, 15) is 0 Å². The highest BCUT2D eigenvalue weighted by molar-refractivity contribution is 5.47. The molecule has 2 atom stereocenters. The van der Waals surface area contributed by atoms with E-state index in [-0.39, 0.29) is 18.1 Å². The Balaban J connectivity index is 1.77. The van der Waals surface area contributed by atoms with Crippen molar-refractivity contribution in [2.75, 3.05) is 23.7 Å². The molecule has 1 aromatic rings. The maximum Gasteiger partial charge on any atom is 0.225 e. The lowest BCUT2D eigenvalue weighted by molar-refractivity contribution is 0.232. The van der Waals surface area contributed by atoms with Crippen LogP contribution in [0.1, 0.15) is 26.7 Å². The van der Waals surface area contributed by atoms with Crippen molar-refractivity contribution in [3.05, 3.63) is 6.07 Å². The van der Waals surface area contributed by atoms with Gasteiger partial charge < -0.3 is 21.1 Å². The number of nitrogens with zero attached hydrogens (tertiary/aromatic N) is 3. The zero-order valence-corrected chi connectivity index (χ0v) is 12.1. The van der Waals surface area contributed by atoms with Gasteiger partial charge in [0, 0.05) is 25.2 Å². The molecule has 1 saturated heterocycles. The third-order valence-corrected chi connectivity index (χ3v) is 4.03. The maximum atomic E-state index is 6.26. The summed E-state index contributed by atoms with van der Waals surface area (Å²) in [4.78, 5) is 10.7. The molecule has 0 amide bonds. The lowest BCUT2D eigenvalue weighted by Crippen LogP contribution is -2.30. The summed E-state index contributed by atoms with van der Waals surface area (Å²) in [6, 6.07) is 2.09. The summed E-state index contributed by atoms with van der Waals surface area (Å²) in [5, 5.41) is 0. The van der Waals surface area contributed by atoms with Crippen molar-refractivity contribution < 1.29 is 4.74 Å². The van der Waals surface area contributed by atoms with Gasteiger partial charge in [0.05, 0.1) is 6.10 Å². The second-order valence-electron chi connectivity index (χ2n) is 6.16. The average Bonchev–Trinajstić information content (AvgIpc) is 3.11. The number of hydrogen-bond acceptors (Lipinski definition) is 6. The van der Waals surface area contributed by atoms with E-state index in [0.29, 0.717) is 11.8 Å². The molecule has 110 valence electrons. The van der Waals surface area contributed by atoms with Crippen molar-refractivity contribution in [3.8, 4) is 5.88 Å². The Morgan fingerprint density at radius 2 is 2.05 bits per heavy atom. The first-order valence-electron chi connectivity index (χ1n) is 7.34. The van der Waals surface area contributed by atoms with Crippen molar-refractivity contribution >= 4 is 11.8 Å². The van der Waals surface area contributed by atoms with Crippen LogP contribution in [0.25, 0.3) is 0 Å². The number of ether oxygens (including phenoxy) is 1. The Morgan fingerprint density at radius 1 is 1.30 bits per heavy atom. The minimum atomic E-state index is 0.0668. The summed E-state index contributed by atoms with van der Waals surface area (Å²) in [6.07, 6.45) is 2.71. The van der Waals surface area contributed by atoms with E-state index in [0.717, 1.165) is 24.8 Å². The molecule has 4 N–H and O–H groups in total. The van der Waals surface area contributed by atoms with Crippen molar-refractivity contribution in [2.24, 2.45) is 17.6 Å². The van der Waals surface area contributed by atoms with Crippen LogP contribution in [-0.2, 0) is 0 Å². The predicted octanol–water partition coefficient (Wildman–Crippen LogP) is 1.02. The summed E-state index contributed by atoms with van der Waals surface area (Å²) < 4.78 is 5.62. The fourth-order valence-electron chi connectivity index (χ4n) is 2.96. The van der Waals surface area contributed by atoms with E-state index in [2.05, 4.69) is 14.9 Å². The van der Waals surface area contributed by atoms with E-state index < -0.39 is 0 Å². The normalized spacial score (nSPS) is 26.3. The molecule has 1 saturated carbocycles. The smallest absolute Gasteiger partial charge is 0.225 e. The van der Waals surface area contributed by atoms with E-state index in [1.807, 2.05) is 19.9 Å². The second kappa shape index (κ2) is 5.09. The molecule has 1 aliphatic heterocycles. The van der Waals surface area contributed by atoms with Gasteiger partial charge in [0.1, 0.15) is 5.82 Å². The molecule has 0 unspecified atom stereocenters. The number of nitrogens with two attached hydrogens (primary N) is 2. The lowest BCUT2D eigenvalue weighted by Gasteiger charge is -2.18. The molecule has 3 rings (SSSR count). The van der Waals surface area contributed by atoms with Gasteiger partial charge in [-0.3, -0.25) is 0 Å². The summed E-state index contributed by atoms with van der Waals surface area (Å²) in [6.45, 7) is 5.72. The van der Waals surface area contributed by atoms with Crippen LogP contribution in [0, 0.1) is 11.8 Å². The predicted molar refractivity (Wildman–Crippen MR) is 78.6 cm³/mol. The van der Waals surface area contributed by atoms with Gasteiger partial charge in [0.2, 0.25) is 11.8 Å². The minimum Gasteiger partial charge on any atom is -0.475 e. The fraction of sp³-hybridized carbons (Fsp3) is 0.714. The monoisotopic (exact) mass is 277 g/mol. The second-order valence-corrected chi connectivity index (χ2v) is 6.16. The van der Waals surface area contributed by atoms with Gasteiger partial charge in [0.15, 0.2) is 0 Å². The molecule has 20 heavy (non-hydrogen) atoms. The number of nitrogen functional groups attached to an aromatic ring is 1. The standard InChI is InChI=1S/C14H23N5O/c1-8(2)20-13-5-12(17-14(16)18-13)19-6-10(9-3-4-9)11(15)7-19/h5,8-11H,3-4,6-7,15H2,1-2H3,(H2,16,17,18)/t10-,11+/m1/s1. The number of rotatable bonds is 4. The van der Waals surface area contributed by atoms with Gasteiger partial charge in [-0.15, -0.1) is 0 Å².